The topological polar surface area (TPSA) is 52.6 Å². The van der Waals surface area contributed by atoms with Crippen LogP contribution in [-0.2, 0) is 19.1 Å². The van der Waals surface area contributed by atoms with Crippen molar-refractivity contribution >= 4 is 23.3 Å². The molecule has 0 saturated carbocycles. The Balaban J connectivity index is 2.47. The molecular formula is C23H24O4. The molecule has 0 aromatic heterocycles. The number of benzene rings is 2. The number of hydrogen-bond acceptors (Lipinski definition) is 4. The molecule has 2 aromatic rings. The van der Waals surface area contributed by atoms with E-state index < -0.39 is 11.9 Å². The second kappa shape index (κ2) is 10.8. The van der Waals surface area contributed by atoms with E-state index in [2.05, 4.69) is 0 Å². The standard InChI is InChI=1S/C23H24O4/c1-3-4-17-26-22(25)16-15-21(19-11-7-5-8-12-19)23(27-18(2)24)20-13-9-6-10-14-20/h5-16H,3-4,17H2,1-2H3/b16-15+,23-21-. The third-order valence-electron chi connectivity index (χ3n) is 3.74. The average molecular weight is 364 g/mol. The van der Waals surface area contributed by atoms with E-state index in [9.17, 15) is 9.59 Å². The van der Waals surface area contributed by atoms with Crippen LogP contribution in [0.3, 0.4) is 0 Å². The summed E-state index contributed by atoms with van der Waals surface area (Å²) < 4.78 is 10.7. The Labute approximate surface area is 160 Å². The van der Waals surface area contributed by atoms with Gasteiger partial charge in [-0.25, -0.2) is 4.79 Å². The summed E-state index contributed by atoms with van der Waals surface area (Å²) in [4.78, 5) is 23.7. The molecule has 0 amide bonds. The molecule has 0 N–H and O–H groups in total. The molecule has 0 atom stereocenters. The van der Waals surface area contributed by atoms with Crippen LogP contribution in [-0.4, -0.2) is 18.5 Å². The molecule has 0 radical (unpaired) electrons. The molecule has 0 fully saturated rings. The summed E-state index contributed by atoms with van der Waals surface area (Å²) in [6, 6.07) is 18.8. The van der Waals surface area contributed by atoms with Gasteiger partial charge in [-0.05, 0) is 18.1 Å². The lowest BCUT2D eigenvalue weighted by Gasteiger charge is -2.13. The van der Waals surface area contributed by atoms with Crippen LogP contribution < -0.4 is 0 Å². The minimum Gasteiger partial charge on any atom is -0.463 e. The zero-order chi connectivity index (χ0) is 19.5. The molecule has 140 valence electrons. The Bertz CT molecular complexity index is 805. The van der Waals surface area contributed by atoms with Crippen LogP contribution in [0.4, 0.5) is 0 Å². The van der Waals surface area contributed by atoms with Crippen molar-refractivity contribution in [3.63, 3.8) is 0 Å². The van der Waals surface area contributed by atoms with Crippen molar-refractivity contribution in [1.82, 2.24) is 0 Å². The first-order chi connectivity index (χ1) is 13.1. The molecule has 0 unspecified atom stereocenters. The normalized spacial score (nSPS) is 11.8. The Morgan fingerprint density at radius 1 is 0.889 bits per heavy atom. The summed E-state index contributed by atoms with van der Waals surface area (Å²) in [6.07, 6.45) is 4.78. The number of carbonyl (C=O) groups excluding carboxylic acids is 2. The number of esters is 2. The van der Waals surface area contributed by atoms with Crippen molar-refractivity contribution in [3.8, 4) is 0 Å². The van der Waals surface area contributed by atoms with Crippen LogP contribution in [0.25, 0.3) is 11.3 Å². The molecule has 0 aliphatic heterocycles. The first kappa shape index (κ1) is 20.2. The Hall–Kier alpha value is -3.14. The average Bonchev–Trinajstić information content (AvgIpc) is 2.68. The highest BCUT2D eigenvalue weighted by molar-refractivity contribution is 5.98. The maximum Gasteiger partial charge on any atom is 0.330 e. The van der Waals surface area contributed by atoms with E-state index in [0.29, 0.717) is 17.9 Å². The highest BCUT2D eigenvalue weighted by Gasteiger charge is 2.14. The fraction of sp³-hybridized carbons (Fsp3) is 0.217. The third kappa shape index (κ3) is 6.59. The molecule has 0 saturated heterocycles. The highest BCUT2D eigenvalue weighted by atomic mass is 16.5. The zero-order valence-corrected chi connectivity index (χ0v) is 15.7. The Morgan fingerprint density at radius 2 is 1.48 bits per heavy atom. The van der Waals surface area contributed by atoms with Gasteiger partial charge in [-0.15, -0.1) is 0 Å². The van der Waals surface area contributed by atoms with Crippen molar-refractivity contribution < 1.29 is 19.1 Å². The van der Waals surface area contributed by atoms with Crippen LogP contribution in [0.2, 0.25) is 0 Å². The summed E-state index contributed by atoms with van der Waals surface area (Å²) in [5.74, 6) is -0.458. The van der Waals surface area contributed by atoms with Crippen LogP contribution in [0.1, 0.15) is 37.8 Å². The first-order valence-electron chi connectivity index (χ1n) is 9.00. The smallest absolute Gasteiger partial charge is 0.330 e. The Kier molecular flexibility index (Phi) is 8.04. The molecule has 0 heterocycles. The molecule has 2 aromatic carbocycles. The molecule has 4 nitrogen and oxygen atoms in total. The number of carbonyl (C=O) groups is 2. The van der Waals surface area contributed by atoms with Gasteiger partial charge < -0.3 is 9.47 Å². The van der Waals surface area contributed by atoms with Gasteiger partial charge in [0.25, 0.3) is 0 Å². The van der Waals surface area contributed by atoms with E-state index >= 15 is 0 Å². The van der Waals surface area contributed by atoms with Gasteiger partial charge in [-0.2, -0.15) is 0 Å². The lowest BCUT2D eigenvalue weighted by molar-refractivity contribution is -0.138. The number of allylic oxidation sites excluding steroid dienone is 2. The quantitative estimate of drug-likeness (QED) is 0.165. The van der Waals surface area contributed by atoms with Gasteiger partial charge in [0.2, 0.25) is 0 Å². The second-order valence-corrected chi connectivity index (χ2v) is 5.92. The van der Waals surface area contributed by atoms with Crippen LogP contribution in [0, 0.1) is 0 Å². The molecule has 27 heavy (non-hydrogen) atoms. The number of rotatable bonds is 8. The Morgan fingerprint density at radius 3 is 2.04 bits per heavy atom. The van der Waals surface area contributed by atoms with Crippen molar-refractivity contribution in [2.24, 2.45) is 0 Å². The van der Waals surface area contributed by atoms with Gasteiger partial charge in [-0.1, -0.05) is 74.0 Å². The fourth-order valence-electron chi connectivity index (χ4n) is 2.44. The third-order valence-corrected chi connectivity index (χ3v) is 3.74. The molecule has 0 bridgehead atoms. The largest absolute Gasteiger partial charge is 0.463 e. The zero-order valence-electron chi connectivity index (χ0n) is 15.7. The molecule has 0 aliphatic rings. The van der Waals surface area contributed by atoms with Gasteiger partial charge in [0.15, 0.2) is 0 Å². The van der Waals surface area contributed by atoms with Crippen LogP contribution in [0.5, 0.6) is 0 Å². The lowest BCUT2D eigenvalue weighted by Crippen LogP contribution is -2.04. The fourth-order valence-corrected chi connectivity index (χ4v) is 2.44. The van der Waals surface area contributed by atoms with Crippen molar-refractivity contribution in [2.75, 3.05) is 6.61 Å². The predicted octanol–water partition coefficient (Wildman–Crippen LogP) is 5.02. The van der Waals surface area contributed by atoms with Gasteiger partial charge in [0.05, 0.1) is 6.61 Å². The highest BCUT2D eigenvalue weighted by Crippen LogP contribution is 2.29. The molecular weight excluding hydrogens is 340 g/mol. The van der Waals surface area contributed by atoms with Crippen LogP contribution in [0.15, 0.2) is 72.8 Å². The summed E-state index contributed by atoms with van der Waals surface area (Å²) in [6.45, 7) is 3.78. The number of hydrogen-bond donors (Lipinski definition) is 0. The minimum atomic E-state index is -0.429. The van der Waals surface area contributed by atoms with Gasteiger partial charge in [0, 0.05) is 24.1 Å². The summed E-state index contributed by atoms with van der Waals surface area (Å²) in [7, 11) is 0. The number of unbranched alkanes of at least 4 members (excludes halogenated alkanes) is 1. The molecule has 2 rings (SSSR count). The number of ether oxygens (including phenoxy) is 2. The monoisotopic (exact) mass is 364 g/mol. The first-order valence-corrected chi connectivity index (χ1v) is 9.00. The minimum absolute atomic E-state index is 0.388. The molecule has 0 spiro atoms. The van der Waals surface area contributed by atoms with E-state index in [0.717, 1.165) is 24.0 Å². The van der Waals surface area contributed by atoms with Gasteiger partial charge in [0.1, 0.15) is 5.76 Å². The van der Waals surface area contributed by atoms with Crippen molar-refractivity contribution in [3.05, 3.63) is 83.9 Å². The van der Waals surface area contributed by atoms with E-state index in [1.165, 1.54) is 13.0 Å². The molecule has 4 heteroatoms. The van der Waals surface area contributed by atoms with E-state index in [4.69, 9.17) is 9.47 Å². The van der Waals surface area contributed by atoms with E-state index in [1.54, 1.807) is 6.08 Å². The second-order valence-electron chi connectivity index (χ2n) is 5.92. The van der Waals surface area contributed by atoms with E-state index in [1.807, 2.05) is 67.6 Å². The van der Waals surface area contributed by atoms with Gasteiger partial charge in [-0.3, -0.25) is 4.79 Å². The van der Waals surface area contributed by atoms with Crippen molar-refractivity contribution in [1.29, 1.82) is 0 Å². The van der Waals surface area contributed by atoms with E-state index in [-0.39, 0.29) is 0 Å². The summed E-state index contributed by atoms with van der Waals surface area (Å²) in [5.41, 5.74) is 2.20. The van der Waals surface area contributed by atoms with Crippen LogP contribution >= 0.6 is 0 Å². The van der Waals surface area contributed by atoms with Gasteiger partial charge >= 0.3 is 11.9 Å². The lowest BCUT2D eigenvalue weighted by atomic mass is 10.00. The SMILES string of the molecule is CCCCOC(=O)/C=C/C(=C(/OC(C)=O)c1ccccc1)c1ccccc1. The maximum absolute atomic E-state index is 12.0. The molecule has 0 aliphatic carbocycles. The summed E-state index contributed by atoms with van der Waals surface area (Å²) in [5, 5.41) is 0. The summed E-state index contributed by atoms with van der Waals surface area (Å²) >= 11 is 0. The predicted molar refractivity (Wildman–Crippen MR) is 106 cm³/mol. The van der Waals surface area contributed by atoms with Crippen molar-refractivity contribution in [2.45, 2.75) is 26.7 Å². The maximum atomic E-state index is 12.0.